The number of imidazole rings is 2. The van der Waals surface area contributed by atoms with Crippen molar-refractivity contribution >= 4 is 10.8 Å². The van der Waals surface area contributed by atoms with E-state index in [1.54, 1.807) is 0 Å². The Morgan fingerprint density at radius 1 is 0.708 bits per heavy atom. The Bertz CT molecular complexity index is 917. The van der Waals surface area contributed by atoms with Crippen LogP contribution in [-0.2, 0) is 27.2 Å². The quantitative estimate of drug-likeness (QED) is 0.513. The molecule has 0 aliphatic carbocycles. The highest BCUT2D eigenvalue weighted by Gasteiger charge is 2.06. The van der Waals surface area contributed by atoms with E-state index in [9.17, 15) is 0 Å². The summed E-state index contributed by atoms with van der Waals surface area (Å²) in [6.07, 6.45) is 12.5. The zero-order valence-corrected chi connectivity index (χ0v) is 14.1. The van der Waals surface area contributed by atoms with E-state index in [4.69, 9.17) is 0 Å². The Hall–Kier alpha value is -2.88. The van der Waals surface area contributed by atoms with Crippen LogP contribution in [0.2, 0.25) is 0 Å². The predicted molar refractivity (Wildman–Crippen MR) is 93.4 cm³/mol. The molecule has 0 amide bonds. The Balaban J connectivity index is 1.62. The molecule has 120 valence electrons. The van der Waals surface area contributed by atoms with Gasteiger partial charge in [0.1, 0.15) is 37.9 Å². The molecule has 0 saturated heterocycles. The number of benzene rings is 2. The summed E-state index contributed by atoms with van der Waals surface area (Å²) < 4.78 is 8.53. The number of aromatic nitrogens is 4. The first kappa shape index (κ1) is 14.7. The second-order valence-electron chi connectivity index (χ2n) is 6.52. The van der Waals surface area contributed by atoms with Gasteiger partial charge < -0.3 is 0 Å². The largest absolute Gasteiger partial charge is 0.243 e. The van der Waals surface area contributed by atoms with Crippen LogP contribution in [0.3, 0.4) is 0 Å². The molecule has 0 atom stereocenters. The minimum absolute atomic E-state index is 0.897. The minimum Gasteiger partial charge on any atom is -0.240 e. The third-order valence-corrected chi connectivity index (χ3v) is 4.35. The van der Waals surface area contributed by atoms with Crippen molar-refractivity contribution in [2.24, 2.45) is 14.1 Å². The Labute approximate surface area is 141 Å². The van der Waals surface area contributed by atoms with Crippen LogP contribution in [0.15, 0.2) is 73.8 Å². The van der Waals surface area contributed by atoms with Gasteiger partial charge in [-0.15, -0.1) is 0 Å². The molecule has 4 nitrogen and oxygen atoms in total. The summed E-state index contributed by atoms with van der Waals surface area (Å²) in [7, 11) is 4.09. The molecule has 2 aromatic carbocycles. The van der Waals surface area contributed by atoms with Crippen molar-refractivity contribution in [2.75, 3.05) is 0 Å². The van der Waals surface area contributed by atoms with Crippen molar-refractivity contribution < 1.29 is 9.13 Å². The molecule has 0 unspecified atom stereocenters. The zero-order valence-electron chi connectivity index (χ0n) is 14.1. The van der Waals surface area contributed by atoms with E-state index < -0.39 is 0 Å². The van der Waals surface area contributed by atoms with Crippen molar-refractivity contribution in [3.63, 3.8) is 0 Å². The van der Waals surface area contributed by atoms with Crippen molar-refractivity contribution in [2.45, 2.75) is 13.1 Å². The average Bonchev–Trinajstić information content (AvgIpc) is 3.15. The van der Waals surface area contributed by atoms with Crippen LogP contribution in [0.5, 0.6) is 0 Å². The summed E-state index contributed by atoms with van der Waals surface area (Å²) in [4.78, 5) is 0. The maximum absolute atomic E-state index is 2.30. The highest BCUT2D eigenvalue weighted by molar-refractivity contribution is 5.83. The highest BCUT2D eigenvalue weighted by Crippen LogP contribution is 2.19. The lowest BCUT2D eigenvalue weighted by Gasteiger charge is -2.05. The normalized spacial score (nSPS) is 11.2. The van der Waals surface area contributed by atoms with Gasteiger partial charge in [0.2, 0.25) is 12.7 Å². The van der Waals surface area contributed by atoms with Crippen molar-refractivity contribution in [1.29, 1.82) is 0 Å². The van der Waals surface area contributed by atoms with Crippen LogP contribution < -0.4 is 9.13 Å². The number of rotatable bonds is 4. The Kier molecular flexibility index (Phi) is 3.65. The van der Waals surface area contributed by atoms with Crippen molar-refractivity contribution in [3.05, 3.63) is 85.0 Å². The Morgan fingerprint density at radius 3 is 1.62 bits per heavy atom. The van der Waals surface area contributed by atoms with Crippen LogP contribution in [0, 0.1) is 0 Å². The first-order valence-corrected chi connectivity index (χ1v) is 8.19. The van der Waals surface area contributed by atoms with Crippen LogP contribution in [0.25, 0.3) is 10.8 Å². The fourth-order valence-corrected chi connectivity index (χ4v) is 3.15. The molecule has 0 fully saturated rings. The van der Waals surface area contributed by atoms with Crippen molar-refractivity contribution in [3.8, 4) is 0 Å². The third-order valence-electron chi connectivity index (χ3n) is 4.35. The molecule has 4 aromatic rings. The maximum Gasteiger partial charge on any atom is 0.243 e. The molecule has 2 heterocycles. The van der Waals surface area contributed by atoms with E-state index in [-0.39, 0.29) is 0 Å². The van der Waals surface area contributed by atoms with E-state index >= 15 is 0 Å². The number of fused-ring (bicyclic) bond motifs is 1. The van der Waals surface area contributed by atoms with Crippen LogP contribution in [0.1, 0.15) is 11.1 Å². The molecule has 24 heavy (non-hydrogen) atoms. The molecule has 0 radical (unpaired) electrons. The molecule has 0 bridgehead atoms. The maximum atomic E-state index is 2.30. The molecular weight excluding hydrogens is 296 g/mol. The van der Waals surface area contributed by atoms with Gasteiger partial charge in [0.05, 0.1) is 14.1 Å². The van der Waals surface area contributed by atoms with E-state index in [0.29, 0.717) is 0 Å². The predicted octanol–water partition coefficient (Wildman–Crippen LogP) is 2.19. The first-order valence-electron chi connectivity index (χ1n) is 8.19. The number of hydrogen-bond acceptors (Lipinski definition) is 0. The van der Waals surface area contributed by atoms with E-state index in [1.807, 2.05) is 14.1 Å². The Morgan fingerprint density at radius 2 is 1.21 bits per heavy atom. The van der Waals surface area contributed by atoms with Crippen LogP contribution >= 0.6 is 0 Å². The van der Waals surface area contributed by atoms with Gasteiger partial charge in [-0.2, -0.15) is 0 Å². The van der Waals surface area contributed by atoms with Gasteiger partial charge >= 0.3 is 0 Å². The molecule has 0 aliphatic heterocycles. The second kappa shape index (κ2) is 5.96. The molecular formula is C20H22N4+2. The number of nitrogens with zero attached hydrogens (tertiary/aromatic N) is 4. The highest BCUT2D eigenvalue weighted by atomic mass is 15.1. The summed E-state index contributed by atoms with van der Waals surface area (Å²) in [5.74, 6) is 0. The average molecular weight is 318 g/mol. The van der Waals surface area contributed by atoms with Gasteiger partial charge in [0.25, 0.3) is 0 Å². The molecule has 4 rings (SSSR count). The van der Waals surface area contributed by atoms with Gasteiger partial charge in [-0.1, -0.05) is 24.3 Å². The van der Waals surface area contributed by atoms with Gasteiger partial charge in [0, 0.05) is 0 Å². The van der Waals surface area contributed by atoms with Crippen molar-refractivity contribution in [1.82, 2.24) is 9.13 Å². The lowest BCUT2D eigenvalue weighted by molar-refractivity contribution is -0.671. The van der Waals surface area contributed by atoms with E-state index in [0.717, 1.165) is 13.1 Å². The molecule has 2 aromatic heterocycles. The SMILES string of the molecule is C[n+]1ccn(Cc2ccc3ccc(Cn4cc[n+](C)c4)cc3c2)c1. The lowest BCUT2D eigenvalue weighted by atomic mass is 10.0. The smallest absolute Gasteiger partial charge is 0.240 e. The van der Waals surface area contributed by atoms with Gasteiger partial charge in [-0.3, -0.25) is 0 Å². The van der Waals surface area contributed by atoms with Gasteiger partial charge in [-0.25, -0.2) is 18.3 Å². The van der Waals surface area contributed by atoms with E-state index in [2.05, 4.69) is 92.1 Å². The van der Waals surface area contributed by atoms with Crippen LogP contribution in [0.4, 0.5) is 0 Å². The monoisotopic (exact) mass is 318 g/mol. The second-order valence-corrected chi connectivity index (χ2v) is 6.52. The van der Waals surface area contributed by atoms with Gasteiger partial charge in [0.15, 0.2) is 0 Å². The molecule has 0 spiro atoms. The topological polar surface area (TPSA) is 17.6 Å². The summed E-state index contributed by atoms with van der Waals surface area (Å²) in [5.41, 5.74) is 2.64. The summed E-state index contributed by atoms with van der Waals surface area (Å²) in [6, 6.07) is 13.5. The zero-order chi connectivity index (χ0) is 16.5. The standard InChI is InChI=1S/C20H22N4/c1-21-7-9-23(15-21)13-17-3-5-19-6-4-18(12-20(19)11-17)14-24-10-8-22(2)16-24/h3-12,15-16H,13-14H2,1-2H3/q+2. The summed E-state index contributed by atoms with van der Waals surface area (Å²) in [5, 5.41) is 2.59. The molecule has 4 heteroatoms. The summed E-state index contributed by atoms with van der Waals surface area (Å²) >= 11 is 0. The lowest BCUT2D eigenvalue weighted by Crippen LogP contribution is -2.23. The fraction of sp³-hybridized carbons (Fsp3) is 0.200. The fourth-order valence-electron chi connectivity index (χ4n) is 3.15. The van der Waals surface area contributed by atoms with Gasteiger partial charge in [-0.05, 0) is 34.0 Å². The van der Waals surface area contributed by atoms with E-state index in [1.165, 1.54) is 21.9 Å². The number of hydrogen-bond donors (Lipinski definition) is 0. The summed E-state index contributed by atoms with van der Waals surface area (Å²) in [6.45, 7) is 1.79. The molecule has 0 N–H and O–H groups in total. The van der Waals surface area contributed by atoms with Crippen LogP contribution in [-0.4, -0.2) is 9.13 Å². The molecule has 0 saturated carbocycles. The molecule has 0 aliphatic rings. The third kappa shape index (κ3) is 3.08. The minimum atomic E-state index is 0.897. The first-order chi connectivity index (χ1) is 11.7. The number of aryl methyl sites for hydroxylation is 2.